The van der Waals surface area contributed by atoms with E-state index in [0.717, 1.165) is 29.6 Å². The molecule has 3 unspecified atom stereocenters. The third-order valence-electron chi connectivity index (χ3n) is 6.55. The normalized spacial score (nSPS) is 40.2. The summed E-state index contributed by atoms with van der Waals surface area (Å²) in [7, 11) is 0. The van der Waals surface area contributed by atoms with Crippen LogP contribution in [0.25, 0.3) is 0 Å². The van der Waals surface area contributed by atoms with Crippen molar-refractivity contribution >= 4 is 0 Å². The van der Waals surface area contributed by atoms with Crippen molar-refractivity contribution in [2.24, 2.45) is 29.6 Å². The zero-order valence-electron chi connectivity index (χ0n) is 12.4. The summed E-state index contributed by atoms with van der Waals surface area (Å²) >= 11 is 0. The van der Waals surface area contributed by atoms with E-state index in [1.807, 2.05) is 0 Å². The summed E-state index contributed by atoms with van der Waals surface area (Å²) in [6.45, 7) is 2.57. The van der Waals surface area contributed by atoms with Gasteiger partial charge in [0.2, 0.25) is 0 Å². The first-order chi connectivity index (χ1) is 8.84. The molecule has 0 aromatic heterocycles. The molecule has 3 atom stereocenters. The summed E-state index contributed by atoms with van der Waals surface area (Å²) < 4.78 is 0. The monoisotopic (exact) mass is 248 g/mol. The van der Waals surface area contributed by atoms with E-state index < -0.39 is 0 Å². The number of hydrogen-bond acceptors (Lipinski definition) is 0. The van der Waals surface area contributed by atoms with E-state index in [1.165, 1.54) is 38.5 Å². The van der Waals surface area contributed by atoms with Crippen molar-refractivity contribution in [3.05, 3.63) is 0 Å². The van der Waals surface area contributed by atoms with Gasteiger partial charge in [-0.2, -0.15) is 0 Å². The molecule has 0 spiro atoms. The molecule has 3 aliphatic rings. The number of hydrogen-bond donors (Lipinski definition) is 0. The van der Waals surface area contributed by atoms with Crippen molar-refractivity contribution in [2.45, 2.75) is 84.0 Å². The fourth-order valence-corrected chi connectivity index (χ4v) is 5.54. The van der Waals surface area contributed by atoms with Gasteiger partial charge in [0.1, 0.15) is 0 Å². The fraction of sp³-hybridized carbons (Fsp3) is 1.00. The second-order valence-corrected chi connectivity index (χ2v) is 7.67. The van der Waals surface area contributed by atoms with Crippen LogP contribution in [-0.4, -0.2) is 0 Å². The number of rotatable bonds is 2. The van der Waals surface area contributed by atoms with Crippen molar-refractivity contribution < 1.29 is 0 Å². The van der Waals surface area contributed by atoms with Crippen LogP contribution in [0.5, 0.6) is 0 Å². The van der Waals surface area contributed by atoms with Gasteiger partial charge in [-0.1, -0.05) is 71.1 Å². The Hall–Kier alpha value is 0. The van der Waals surface area contributed by atoms with Gasteiger partial charge in [-0.15, -0.1) is 0 Å². The molecule has 3 aliphatic carbocycles. The quantitative estimate of drug-likeness (QED) is 0.578. The maximum atomic E-state index is 2.57. The Kier molecular flexibility index (Phi) is 4.31. The summed E-state index contributed by atoms with van der Waals surface area (Å²) in [6, 6.07) is 0. The van der Waals surface area contributed by atoms with Gasteiger partial charge in [0.05, 0.1) is 0 Å². The lowest BCUT2D eigenvalue weighted by Gasteiger charge is -2.31. The molecule has 0 aliphatic heterocycles. The van der Waals surface area contributed by atoms with Crippen LogP contribution in [0.4, 0.5) is 0 Å². The highest BCUT2D eigenvalue weighted by Crippen LogP contribution is 2.49. The third-order valence-corrected chi connectivity index (χ3v) is 6.55. The first-order valence-corrected chi connectivity index (χ1v) is 8.84. The molecular formula is C18H32. The lowest BCUT2D eigenvalue weighted by Crippen LogP contribution is -2.20. The second kappa shape index (κ2) is 5.97. The van der Waals surface area contributed by atoms with Crippen molar-refractivity contribution in [1.29, 1.82) is 0 Å². The molecule has 3 fully saturated rings. The third kappa shape index (κ3) is 2.78. The molecular weight excluding hydrogens is 216 g/mol. The van der Waals surface area contributed by atoms with E-state index in [4.69, 9.17) is 0 Å². The van der Waals surface area contributed by atoms with Crippen LogP contribution >= 0.6 is 0 Å². The van der Waals surface area contributed by atoms with E-state index in [2.05, 4.69) is 6.92 Å². The predicted octanol–water partition coefficient (Wildman–Crippen LogP) is 5.81. The molecule has 0 N–H and O–H groups in total. The Morgan fingerprint density at radius 1 is 0.556 bits per heavy atom. The smallest absolute Gasteiger partial charge is 0.0357 e. The molecule has 3 saturated carbocycles. The Morgan fingerprint density at radius 2 is 1.11 bits per heavy atom. The van der Waals surface area contributed by atoms with E-state index in [9.17, 15) is 0 Å². The predicted molar refractivity (Wildman–Crippen MR) is 78.5 cm³/mol. The first kappa shape index (κ1) is 13.0. The maximum Gasteiger partial charge on any atom is -0.0357 e. The molecule has 0 nitrogen and oxygen atoms in total. The largest absolute Gasteiger partial charge is 0.0622 e. The summed E-state index contributed by atoms with van der Waals surface area (Å²) in [5.74, 6) is 5.50. The lowest BCUT2D eigenvalue weighted by atomic mass is 9.75. The summed E-state index contributed by atoms with van der Waals surface area (Å²) in [6.07, 6.45) is 18.6. The minimum absolute atomic E-state index is 1.04. The maximum absolute atomic E-state index is 2.57. The standard InChI is InChI=1S/C18H32/c1-14-12-17(15-8-4-2-5-9-15)13-18(14)16-10-6-3-7-11-16/h14-18H,2-13H2,1H3. The molecule has 0 aromatic rings. The van der Waals surface area contributed by atoms with Gasteiger partial charge in [-0.3, -0.25) is 0 Å². The van der Waals surface area contributed by atoms with E-state index >= 15 is 0 Å². The van der Waals surface area contributed by atoms with Gasteiger partial charge < -0.3 is 0 Å². The van der Waals surface area contributed by atoms with Gasteiger partial charge >= 0.3 is 0 Å². The molecule has 0 radical (unpaired) electrons. The molecule has 0 heteroatoms. The van der Waals surface area contributed by atoms with E-state index in [-0.39, 0.29) is 0 Å². The van der Waals surface area contributed by atoms with Crippen molar-refractivity contribution in [3.63, 3.8) is 0 Å². The highest BCUT2D eigenvalue weighted by Gasteiger charge is 2.39. The minimum Gasteiger partial charge on any atom is -0.0622 e. The van der Waals surface area contributed by atoms with Crippen molar-refractivity contribution in [3.8, 4) is 0 Å². The van der Waals surface area contributed by atoms with Gasteiger partial charge in [0.15, 0.2) is 0 Å². The molecule has 0 bridgehead atoms. The van der Waals surface area contributed by atoms with Crippen molar-refractivity contribution in [1.82, 2.24) is 0 Å². The van der Waals surface area contributed by atoms with Crippen LogP contribution in [-0.2, 0) is 0 Å². The van der Waals surface area contributed by atoms with Crippen LogP contribution in [0.1, 0.15) is 84.0 Å². The average molecular weight is 248 g/mol. The Bertz CT molecular complexity index is 245. The molecule has 104 valence electrons. The Morgan fingerprint density at radius 3 is 1.72 bits per heavy atom. The summed E-state index contributed by atoms with van der Waals surface area (Å²) in [5.41, 5.74) is 0. The summed E-state index contributed by atoms with van der Waals surface area (Å²) in [4.78, 5) is 0. The molecule has 0 amide bonds. The molecule has 18 heavy (non-hydrogen) atoms. The summed E-state index contributed by atoms with van der Waals surface area (Å²) in [5, 5.41) is 0. The Labute approximate surface area is 114 Å². The SMILES string of the molecule is CC1CC(C2CCCCC2)CC1C1CCCCC1. The minimum atomic E-state index is 1.04. The van der Waals surface area contributed by atoms with E-state index in [0.29, 0.717) is 0 Å². The van der Waals surface area contributed by atoms with E-state index in [1.54, 1.807) is 38.5 Å². The van der Waals surface area contributed by atoms with Crippen LogP contribution in [0.15, 0.2) is 0 Å². The Balaban J connectivity index is 1.57. The topological polar surface area (TPSA) is 0 Å². The molecule has 3 rings (SSSR count). The second-order valence-electron chi connectivity index (χ2n) is 7.67. The zero-order chi connectivity index (χ0) is 12.4. The van der Waals surface area contributed by atoms with Crippen LogP contribution < -0.4 is 0 Å². The van der Waals surface area contributed by atoms with Gasteiger partial charge in [-0.05, 0) is 42.4 Å². The van der Waals surface area contributed by atoms with Gasteiger partial charge in [0.25, 0.3) is 0 Å². The van der Waals surface area contributed by atoms with Gasteiger partial charge in [0, 0.05) is 0 Å². The zero-order valence-corrected chi connectivity index (χ0v) is 12.4. The first-order valence-electron chi connectivity index (χ1n) is 8.84. The van der Waals surface area contributed by atoms with Crippen LogP contribution in [0.2, 0.25) is 0 Å². The average Bonchev–Trinajstić information content (AvgIpc) is 2.83. The molecule has 0 aromatic carbocycles. The van der Waals surface area contributed by atoms with Crippen molar-refractivity contribution in [2.75, 3.05) is 0 Å². The highest BCUT2D eigenvalue weighted by molar-refractivity contribution is 4.89. The highest BCUT2D eigenvalue weighted by atomic mass is 14.4. The van der Waals surface area contributed by atoms with Gasteiger partial charge in [-0.25, -0.2) is 0 Å². The van der Waals surface area contributed by atoms with Crippen LogP contribution in [0.3, 0.4) is 0 Å². The molecule has 0 saturated heterocycles. The molecule has 0 heterocycles. The van der Waals surface area contributed by atoms with Crippen LogP contribution in [0, 0.1) is 29.6 Å². The fourth-order valence-electron chi connectivity index (χ4n) is 5.54. The lowest BCUT2D eigenvalue weighted by molar-refractivity contribution is 0.199.